The van der Waals surface area contributed by atoms with Gasteiger partial charge in [-0.2, -0.15) is 0 Å². The van der Waals surface area contributed by atoms with E-state index in [-0.39, 0.29) is 11.6 Å². The highest BCUT2D eigenvalue weighted by Crippen LogP contribution is 2.36. The van der Waals surface area contributed by atoms with Gasteiger partial charge in [0.15, 0.2) is 0 Å². The Kier molecular flexibility index (Phi) is 5.37. The van der Waals surface area contributed by atoms with Gasteiger partial charge in [-0.15, -0.1) is 0 Å². The Morgan fingerprint density at radius 3 is 2.33 bits per heavy atom. The molecule has 0 saturated carbocycles. The molecule has 33 heavy (non-hydrogen) atoms. The number of amides is 2. The van der Waals surface area contributed by atoms with Crippen molar-refractivity contribution in [3.8, 4) is 5.75 Å². The second-order valence-corrected chi connectivity index (χ2v) is 7.64. The lowest BCUT2D eigenvalue weighted by Gasteiger charge is -2.17. The zero-order chi connectivity index (χ0) is 22.8. The number of rotatable bonds is 6. The van der Waals surface area contributed by atoms with Crippen LogP contribution < -0.4 is 15.0 Å². The SMILES string of the molecule is CCOc1cccc(N2C(=O)C(Nc3cccc4ccccc34)=C(c3ccccc3)C2=O)c1. The average Bonchev–Trinajstić information content (AvgIpc) is 3.09. The molecule has 0 atom stereocenters. The van der Waals surface area contributed by atoms with E-state index in [1.165, 1.54) is 4.90 Å². The maximum atomic E-state index is 13.7. The number of benzene rings is 4. The first kappa shape index (κ1) is 20.5. The van der Waals surface area contributed by atoms with Gasteiger partial charge in [0.25, 0.3) is 11.8 Å². The molecule has 1 aliphatic rings. The van der Waals surface area contributed by atoms with Gasteiger partial charge in [0, 0.05) is 17.1 Å². The van der Waals surface area contributed by atoms with E-state index in [9.17, 15) is 9.59 Å². The lowest BCUT2D eigenvalue weighted by atomic mass is 10.0. The molecule has 4 aromatic rings. The van der Waals surface area contributed by atoms with Crippen LogP contribution in [0.15, 0.2) is 103 Å². The number of nitrogens with zero attached hydrogens (tertiary/aromatic N) is 1. The Labute approximate surface area is 191 Å². The van der Waals surface area contributed by atoms with Gasteiger partial charge in [-0.1, -0.05) is 72.8 Å². The molecule has 1 N–H and O–H groups in total. The van der Waals surface area contributed by atoms with Crippen molar-refractivity contribution < 1.29 is 14.3 Å². The number of hydrogen-bond donors (Lipinski definition) is 1. The summed E-state index contributed by atoms with van der Waals surface area (Å²) in [6.07, 6.45) is 0. The van der Waals surface area contributed by atoms with Gasteiger partial charge in [-0.25, -0.2) is 4.90 Å². The first-order valence-corrected chi connectivity index (χ1v) is 10.8. The van der Waals surface area contributed by atoms with Crippen molar-refractivity contribution in [2.45, 2.75) is 6.92 Å². The molecule has 0 bridgehead atoms. The topological polar surface area (TPSA) is 58.6 Å². The Bertz CT molecular complexity index is 1390. The number of fused-ring (bicyclic) bond motifs is 1. The monoisotopic (exact) mass is 434 g/mol. The summed E-state index contributed by atoms with van der Waals surface area (Å²) in [5.41, 5.74) is 2.52. The van der Waals surface area contributed by atoms with E-state index < -0.39 is 5.91 Å². The van der Waals surface area contributed by atoms with Gasteiger partial charge >= 0.3 is 0 Å². The third-order valence-corrected chi connectivity index (χ3v) is 5.58. The second kappa shape index (κ2) is 8.63. The zero-order valence-electron chi connectivity index (χ0n) is 18.1. The molecule has 0 fully saturated rings. The van der Waals surface area contributed by atoms with Crippen molar-refractivity contribution in [1.29, 1.82) is 0 Å². The van der Waals surface area contributed by atoms with Crippen molar-refractivity contribution in [3.63, 3.8) is 0 Å². The van der Waals surface area contributed by atoms with Crippen LogP contribution in [0.1, 0.15) is 12.5 Å². The smallest absolute Gasteiger partial charge is 0.282 e. The van der Waals surface area contributed by atoms with Crippen LogP contribution in [0.5, 0.6) is 5.75 Å². The average molecular weight is 434 g/mol. The Hall–Kier alpha value is -4.38. The van der Waals surface area contributed by atoms with Crippen molar-refractivity contribution >= 4 is 39.5 Å². The van der Waals surface area contributed by atoms with Crippen LogP contribution in [0, 0.1) is 0 Å². The van der Waals surface area contributed by atoms with Crippen LogP contribution >= 0.6 is 0 Å². The predicted octanol–water partition coefficient (Wildman–Crippen LogP) is 5.64. The third kappa shape index (κ3) is 3.74. The Morgan fingerprint density at radius 2 is 1.52 bits per heavy atom. The number of anilines is 2. The van der Waals surface area contributed by atoms with Crippen molar-refractivity contribution in [2.24, 2.45) is 0 Å². The molecule has 5 rings (SSSR count). The highest BCUT2D eigenvalue weighted by atomic mass is 16.5. The largest absolute Gasteiger partial charge is 0.494 e. The highest BCUT2D eigenvalue weighted by molar-refractivity contribution is 6.46. The highest BCUT2D eigenvalue weighted by Gasteiger charge is 2.40. The number of ether oxygens (including phenoxy) is 1. The lowest BCUT2D eigenvalue weighted by Crippen LogP contribution is -2.32. The molecular weight excluding hydrogens is 412 g/mol. The lowest BCUT2D eigenvalue weighted by molar-refractivity contribution is -0.120. The quantitative estimate of drug-likeness (QED) is 0.399. The van der Waals surface area contributed by atoms with Gasteiger partial charge in [0.05, 0.1) is 17.9 Å². The molecule has 5 heteroatoms. The predicted molar refractivity (Wildman–Crippen MR) is 131 cm³/mol. The summed E-state index contributed by atoms with van der Waals surface area (Å²) >= 11 is 0. The van der Waals surface area contributed by atoms with E-state index in [1.54, 1.807) is 24.3 Å². The van der Waals surface area contributed by atoms with Gasteiger partial charge in [0.2, 0.25) is 0 Å². The fourth-order valence-electron chi connectivity index (χ4n) is 4.10. The summed E-state index contributed by atoms with van der Waals surface area (Å²) in [7, 11) is 0. The molecule has 5 nitrogen and oxygen atoms in total. The summed E-state index contributed by atoms with van der Waals surface area (Å²) in [6.45, 7) is 2.38. The summed E-state index contributed by atoms with van der Waals surface area (Å²) in [5, 5.41) is 5.30. The molecule has 0 saturated heterocycles. The molecule has 162 valence electrons. The van der Waals surface area contributed by atoms with E-state index >= 15 is 0 Å². The molecule has 0 spiro atoms. The van der Waals surface area contributed by atoms with Crippen LogP contribution in [0.4, 0.5) is 11.4 Å². The maximum absolute atomic E-state index is 13.7. The first-order chi connectivity index (χ1) is 16.2. The molecule has 0 aliphatic carbocycles. The summed E-state index contributed by atoms with van der Waals surface area (Å²) in [6, 6.07) is 30.1. The Balaban J connectivity index is 1.62. The van der Waals surface area contributed by atoms with E-state index in [0.29, 0.717) is 29.2 Å². The third-order valence-electron chi connectivity index (χ3n) is 5.58. The van der Waals surface area contributed by atoms with Crippen LogP contribution in [0.3, 0.4) is 0 Å². The fourth-order valence-corrected chi connectivity index (χ4v) is 4.10. The number of hydrogen-bond acceptors (Lipinski definition) is 4. The molecular formula is C28H22N2O3. The van der Waals surface area contributed by atoms with Gasteiger partial charge in [-0.3, -0.25) is 9.59 Å². The molecule has 0 radical (unpaired) electrons. The van der Waals surface area contributed by atoms with Gasteiger partial charge < -0.3 is 10.1 Å². The minimum atomic E-state index is -0.402. The van der Waals surface area contributed by atoms with Crippen LogP contribution in [0.2, 0.25) is 0 Å². The molecule has 4 aromatic carbocycles. The first-order valence-electron chi connectivity index (χ1n) is 10.8. The number of carbonyl (C=O) groups is 2. The van der Waals surface area contributed by atoms with Gasteiger partial charge in [0.1, 0.15) is 11.4 Å². The van der Waals surface area contributed by atoms with Crippen molar-refractivity contribution in [1.82, 2.24) is 0 Å². The van der Waals surface area contributed by atoms with E-state index in [0.717, 1.165) is 16.5 Å². The summed E-state index contributed by atoms with van der Waals surface area (Å²) in [4.78, 5) is 28.5. The molecule has 1 aliphatic heterocycles. The number of carbonyl (C=O) groups excluding carboxylic acids is 2. The van der Waals surface area contributed by atoms with E-state index in [1.807, 2.05) is 79.7 Å². The van der Waals surface area contributed by atoms with E-state index in [4.69, 9.17) is 4.74 Å². The zero-order valence-corrected chi connectivity index (χ0v) is 18.1. The van der Waals surface area contributed by atoms with Crippen LogP contribution in [0.25, 0.3) is 16.3 Å². The van der Waals surface area contributed by atoms with Crippen LogP contribution in [-0.4, -0.2) is 18.4 Å². The normalized spacial score (nSPS) is 13.7. The molecule has 1 heterocycles. The molecule has 2 amide bonds. The number of nitrogens with one attached hydrogen (secondary N) is 1. The van der Waals surface area contributed by atoms with Gasteiger partial charge in [-0.05, 0) is 36.1 Å². The van der Waals surface area contributed by atoms with Crippen molar-refractivity contribution in [2.75, 3.05) is 16.8 Å². The summed E-state index contributed by atoms with van der Waals surface area (Å²) in [5.74, 6) is -0.171. The second-order valence-electron chi connectivity index (χ2n) is 7.64. The van der Waals surface area contributed by atoms with E-state index in [2.05, 4.69) is 5.32 Å². The molecule has 0 unspecified atom stereocenters. The minimum absolute atomic E-state index is 0.254. The molecule has 0 aromatic heterocycles. The number of imide groups is 1. The fraction of sp³-hybridized carbons (Fsp3) is 0.0714. The maximum Gasteiger partial charge on any atom is 0.282 e. The summed E-state index contributed by atoms with van der Waals surface area (Å²) < 4.78 is 5.58. The Morgan fingerprint density at radius 1 is 0.788 bits per heavy atom. The van der Waals surface area contributed by atoms with Crippen LogP contribution in [-0.2, 0) is 9.59 Å². The standard InChI is InChI=1S/C28H22N2O3/c1-2-33-22-15-9-14-21(18-22)30-27(31)25(20-11-4-3-5-12-20)26(28(30)32)29-24-17-8-13-19-10-6-7-16-23(19)24/h3-18,29H,2H2,1H3. The minimum Gasteiger partial charge on any atom is -0.494 e. The van der Waals surface area contributed by atoms with Crippen molar-refractivity contribution in [3.05, 3.63) is 108 Å².